The van der Waals surface area contributed by atoms with E-state index in [9.17, 15) is 14.3 Å². The van der Waals surface area contributed by atoms with Crippen LogP contribution in [0.3, 0.4) is 0 Å². The lowest BCUT2D eigenvalue weighted by Crippen LogP contribution is -2.55. The van der Waals surface area contributed by atoms with E-state index in [0.29, 0.717) is 52.6 Å². The Bertz CT molecular complexity index is 1490. The predicted molar refractivity (Wildman–Crippen MR) is 147 cm³/mol. The van der Waals surface area contributed by atoms with Gasteiger partial charge in [0, 0.05) is 66.0 Å². The first-order chi connectivity index (χ1) is 18.1. The molecular formula is C26H26Cl2F2N4O3S. The zero-order valence-electron chi connectivity index (χ0n) is 20.8. The summed E-state index contributed by atoms with van der Waals surface area (Å²) in [5, 5.41) is 10.8. The second-order valence-electron chi connectivity index (χ2n) is 9.39. The molecule has 0 saturated carbocycles. The molecule has 5 rings (SSSR count). The third-order valence-corrected chi connectivity index (χ3v) is 8.89. The van der Waals surface area contributed by atoms with Crippen molar-refractivity contribution in [1.82, 2.24) is 14.5 Å². The molecule has 12 heteroatoms. The van der Waals surface area contributed by atoms with E-state index in [2.05, 4.69) is 11.6 Å². The number of halogens is 4. The molecule has 1 aromatic heterocycles. The van der Waals surface area contributed by atoms with Crippen LogP contribution in [0.25, 0.3) is 22.0 Å². The summed E-state index contributed by atoms with van der Waals surface area (Å²) in [5.74, 6) is -0.752. The van der Waals surface area contributed by atoms with E-state index in [0.717, 1.165) is 6.07 Å². The second-order valence-corrected chi connectivity index (χ2v) is 11.2. The van der Waals surface area contributed by atoms with Crippen LogP contribution < -0.4 is 10.6 Å². The average Bonchev–Trinajstić information content (AvgIpc) is 3.09. The van der Waals surface area contributed by atoms with Gasteiger partial charge in [0.05, 0.1) is 28.2 Å². The normalized spacial score (nSPS) is 21.0. The highest BCUT2D eigenvalue weighted by Gasteiger charge is 2.32. The van der Waals surface area contributed by atoms with Crippen molar-refractivity contribution < 1.29 is 18.6 Å². The minimum Gasteiger partial charge on any atom is -0.379 e. The van der Waals surface area contributed by atoms with Gasteiger partial charge in [-0.15, -0.1) is 11.8 Å². The van der Waals surface area contributed by atoms with E-state index in [1.807, 2.05) is 16.7 Å². The summed E-state index contributed by atoms with van der Waals surface area (Å²) >= 11 is 14.2. The van der Waals surface area contributed by atoms with Crippen LogP contribution in [0.2, 0.25) is 10.0 Å². The zero-order chi connectivity index (χ0) is 27.3. The number of methoxy groups -OCH3 is 1. The molecule has 0 radical (unpaired) electrons. The van der Waals surface area contributed by atoms with Gasteiger partial charge in [0.25, 0.3) is 0 Å². The van der Waals surface area contributed by atoms with Crippen molar-refractivity contribution >= 4 is 51.7 Å². The Hall–Kier alpha value is -2.21. The first-order valence-electron chi connectivity index (χ1n) is 12.0. The number of aliphatic hydroxyl groups is 1. The van der Waals surface area contributed by atoms with E-state index >= 15 is 4.39 Å². The zero-order valence-corrected chi connectivity index (χ0v) is 23.1. The summed E-state index contributed by atoms with van der Waals surface area (Å²) in [6, 6.07) is 3.53. The first kappa shape index (κ1) is 27.4. The Morgan fingerprint density at radius 1 is 1.21 bits per heavy atom. The van der Waals surface area contributed by atoms with E-state index in [-0.39, 0.29) is 34.3 Å². The number of hydrogen-bond acceptors (Lipinski definition) is 7. The smallest absolute Gasteiger partial charge is 0.350 e. The van der Waals surface area contributed by atoms with Crippen LogP contribution in [0, 0.1) is 11.6 Å². The SMILES string of the molecule is C=CC(O)N1CCN(c2nc(=O)n3c4c(c(-c5cc(Cl)c(F)cc5F)c(Cl)cc24)SC[C@@H](OC)C3)[C@@H](C)C1. The Morgan fingerprint density at radius 2 is 1.97 bits per heavy atom. The summed E-state index contributed by atoms with van der Waals surface area (Å²) in [4.78, 5) is 22.4. The lowest BCUT2D eigenvalue weighted by atomic mass is 10.0. The van der Waals surface area contributed by atoms with Gasteiger partial charge < -0.3 is 14.7 Å². The van der Waals surface area contributed by atoms with Crippen LogP contribution in [0.15, 0.2) is 40.5 Å². The van der Waals surface area contributed by atoms with Crippen LogP contribution in [0.1, 0.15) is 6.92 Å². The van der Waals surface area contributed by atoms with Gasteiger partial charge in [0.1, 0.15) is 23.7 Å². The van der Waals surface area contributed by atoms with Crippen molar-refractivity contribution in [2.75, 3.05) is 37.4 Å². The molecule has 3 heterocycles. The van der Waals surface area contributed by atoms with Gasteiger partial charge in [-0.2, -0.15) is 4.98 Å². The largest absolute Gasteiger partial charge is 0.379 e. The van der Waals surface area contributed by atoms with Crippen molar-refractivity contribution in [3.05, 3.63) is 63.0 Å². The minimum absolute atomic E-state index is 0.0411. The number of piperazine rings is 1. The maximum Gasteiger partial charge on any atom is 0.350 e. The van der Waals surface area contributed by atoms with Crippen molar-refractivity contribution in [3.8, 4) is 11.1 Å². The van der Waals surface area contributed by atoms with Crippen molar-refractivity contribution in [3.63, 3.8) is 0 Å². The predicted octanol–water partition coefficient (Wildman–Crippen LogP) is 4.78. The topological polar surface area (TPSA) is 70.8 Å². The van der Waals surface area contributed by atoms with Gasteiger partial charge in [0.2, 0.25) is 0 Å². The number of hydrogen-bond donors (Lipinski definition) is 1. The number of benzene rings is 2. The summed E-state index contributed by atoms with van der Waals surface area (Å²) in [5.41, 5.74) is 0.464. The maximum atomic E-state index is 15.1. The summed E-state index contributed by atoms with van der Waals surface area (Å²) < 4.78 is 36.2. The Balaban J connectivity index is 1.76. The second kappa shape index (κ2) is 10.7. The fourth-order valence-corrected chi connectivity index (χ4v) is 6.96. The fourth-order valence-electron chi connectivity index (χ4n) is 5.12. The van der Waals surface area contributed by atoms with Gasteiger partial charge in [-0.05, 0) is 25.1 Å². The molecule has 7 nitrogen and oxygen atoms in total. The highest BCUT2D eigenvalue weighted by molar-refractivity contribution is 7.99. The van der Waals surface area contributed by atoms with Gasteiger partial charge in [-0.1, -0.05) is 29.8 Å². The van der Waals surface area contributed by atoms with E-state index in [1.165, 1.54) is 28.5 Å². The molecule has 1 fully saturated rings. The van der Waals surface area contributed by atoms with Gasteiger partial charge >= 0.3 is 5.69 Å². The molecule has 38 heavy (non-hydrogen) atoms. The lowest BCUT2D eigenvalue weighted by molar-refractivity contribution is 0.0296. The molecular weight excluding hydrogens is 557 g/mol. The molecule has 0 aliphatic carbocycles. The summed E-state index contributed by atoms with van der Waals surface area (Å²) in [6.07, 6.45) is 0.400. The van der Waals surface area contributed by atoms with Crippen LogP contribution >= 0.6 is 35.0 Å². The molecule has 0 bridgehead atoms. The van der Waals surface area contributed by atoms with Crippen LogP contribution in [0.5, 0.6) is 0 Å². The van der Waals surface area contributed by atoms with Crippen molar-refractivity contribution in [1.29, 1.82) is 0 Å². The monoisotopic (exact) mass is 582 g/mol. The molecule has 3 atom stereocenters. The number of nitrogens with zero attached hydrogens (tertiary/aromatic N) is 4. The Labute approximate surface area is 232 Å². The van der Waals surface area contributed by atoms with Gasteiger partial charge in [-0.3, -0.25) is 9.47 Å². The molecule has 3 aromatic rings. The number of aliphatic hydroxyl groups excluding tert-OH is 1. The molecule has 2 aliphatic heterocycles. The minimum atomic E-state index is -0.874. The number of ether oxygens (including phenoxy) is 1. The fraction of sp³-hybridized carbons (Fsp3) is 0.385. The van der Waals surface area contributed by atoms with E-state index in [4.69, 9.17) is 27.9 Å². The molecule has 1 saturated heterocycles. The maximum absolute atomic E-state index is 15.1. The third kappa shape index (κ3) is 4.71. The van der Waals surface area contributed by atoms with Crippen LogP contribution in [0.4, 0.5) is 14.6 Å². The number of rotatable bonds is 5. The molecule has 2 aromatic carbocycles. The first-order valence-corrected chi connectivity index (χ1v) is 13.8. The number of anilines is 1. The standard InChI is InChI=1S/C26H26Cl2F2N4O3S/c1-4-21(35)32-5-6-33(13(2)10-32)25-16-8-18(28)22(15-7-17(27)20(30)9-19(15)29)24-23(16)34(26(36)31-25)11-14(37-3)12-38-24/h4,7-9,13-14,21,35H,1,5-6,10-12H2,2-3H3/t13-,14-,21?/m0/s1. The third-order valence-electron chi connectivity index (χ3n) is 7.08. The Kier molecular flexibility index (Phi) is 7.74. The van der Waals surface area contributed by atoms with Crippen molar-refractivity contribution in [2.45, 2.75) is 36.7 Å². The van der Waals surface area contributed by atoms with Gasteiger partial charge in [-0.25, -0.2) is 13.6 Å². The van der Waals surface area contributed by atoms with E-state index < -0.39 is 23.6 Å². The van der Waals surface area contributed by atoms with Gasteiger partial charge in [0.15, 0.2) is 0 Å². The van der Waals surface area contributed by atoms with Crippen molar-refractivity contribution in [2.24, 2.45) is 0 Å². The molecule has 2 aliphatic rings. The highest BCUT2D eigenvalue weighted by Crippen LogP contribution is 2.46. The molecule has 1 unspecified atom stereocenters. The summed E-state index contributed by atoms with van der Waals surface area (Å²) in [6.45, 7) is 7.46. The van der Waals surface area contributed by atoms with Crippen LogP contribution in [-0.4, -0.2) is 70.4 Å². The highest BCUT2D eigenvalue weighted by atomic mass is 35.5. The van der Waals surface area contributed by atoms with E-state index in [1.54, 1.807) is 13.2 Å². The average molecular weight is 583 g/mol. The number of thioether (sulfide) groups is 1. The molecule has 1 N–H and O–H groups in total. The molecule has 202 valence electrons. The van der Waals surface area contributed by atoms with Crippen LogP contribution in [-0.2, 0) is 11.3 Å². The summed E-state index contributed by atoms with van der Waals surface area (Å²) in [7, 11) is 1.57. The molecule has 0 amide bonds. The molecule has 0 spiro atoms. The number of aromatic nitrogens is 2. The quantitative estimate of drug-likeness (QED) is 0.343. The lowest BCUT2D eigenvalue weighted by Gasteiger charge is -2.42. The Morgan fingerprint density at radius 3 is 2.66 bits per heavy atom.